The molecule has 6 heteroatoms. The fourth-order valence-corrected chi connectivity index (χ4v) is 1.87. The van der Waals surface area contributed by atoms with E-state index in [1.54, 1.807) is 30.5 Å². The minimum Gasteiger partial charge on any atom is -0.508 e. The van der Waals surface area contributed by atoms with E-state index in [2.05, 4.69) is 10.3 Å². The minimum absolute atomic E-state index is 0.187. The Morgan fingerprint density at radius 1 is 1.43 bits per heavy atom. The lowest BCUT2D eigenvalue weighted by atomic mass is 10.1. The van der Waals surface area contributed by atoms with Crippen LogP contribution in [-0.2, 0) is 24.2 Å². The summed E-state index contributed by atoms with van der Waals surface area (Å²) in [5.41, 5.74) is 6.75. The van der Waals surface area contributed by atoms with Crippen LogP contribution in [0.4, 0.5) is 0 Å². The first-order valence-electron chi connectivity index (χ1n) is 6.83. The number of benzene rings is 1. The minimum atomic E-state index is -0.657. The van der Waals surface area contributed by atoms with Crippen LogP contribution in [0.5, 0.6) is 5.75 Å². The number of amides is 1. The van der Waals surface area contributed by atoms with Gasteiger partial charge in [0.2, 0.25) is 11.8 Å². The molecule has 1 aromatic carbocycles. The predicted octanol–water partition coefficient (Wildman–Crippen LogP) is 1.13. The molecule has 0 spiro atoms. The molecule has 1 amide bonds. The molecule has 0 fully saturated rings. The molecule has 0 unspecified atom stereocenters. The number of aryl methyl sites for hydroxylation is 1. The van der Waals surface area contributed by atoms with E-state index >= 15 is 0 Å². The number of oxazole rings is 1. The van der Waals surface area contributed by atoms with Crippen LogP contribution in [0, 0.1) is 0 Å². The van der Waals surface area contributed by atoms with Gasteiger partial charge in [-0.05, 0) is 24.1 Å². The van der Waals surface area contributed by atoms with Gasteiger partial charge in [-0.1, -0.05) is 19.1 Å². The first-order chi connectivity index (χ1) is 10.1. The van der Waals surface area contributed by atoms with Crippen LogP contribution in [0.3, 0.4) is 0 Å². The van der Waals surface area contributed by atoms with Gasteiger partial charge in [0.25, 0.3) is 0 Å². The van der Waals surface area contributed by atoms with E-state index in [9.17, 15) is 9.90 Å². The van der Waals surface area contributed by atoms with E-state index in [-0.39, 0.29) is 18.2 Å². The van der Waals surface area contributed by atoms with Crippen molar-refractivity contribution < 1.29 is 14.3 Å². The SMILES string of the molecule is CCc1cnc(CNC(=O)[C@H](N)Cc2ccc(O)cc2)o1. The second-order valence-electron chi connectivity index (χ2n) is 4.77. The molecule has 0 aliphatic rings. The number of carbonyl (C=O) groups excluding carboxylic acids is 1. The molecule has 0 radical (unpaired) electrons. The Balaban J connectivity index is 1.83. The van der Waals surface area contributed by atoms with Crippen LogP contribution in [0.15, 0.2) is 34.9 Å². The topological polar surface area (TPSA) is 101 Å². The second kappa shape index (κ2) is 6.90. The maximum atomic E-state index is 11.9. The first-order valence-corrected chi connectivity index (χ1v) is 6.83. The quantitative estimate of drug-likeness (QED) is 0.740. The van der Waals surface area contributed by atoms with Gasteiger partial charge in [-0.3, -0.25) is 4.79 Å². The van der Waals surface area contributed by atoms with Crippen molar-refractivity contribution in [3.8, 4) is 5.75 Å². The number of hydrogen-bond acceptors (Lipinski definition) is 5. The number of aromatic nitrogens is 1. The summed E-state index contributed by atoms with van der Waals surface area (Å²) >= 11 is 0. The maximum absolute atomic E-state index is 11.9. The van der Waals surface area contributed by atoms with E-state index < -0.39 is 6.04 Å². The van der Waals surface area contributed by atoms with Crippen LogP contribution >= 0.6 is 0 Å². The van der Waals surface area contributed by atoms with Gasteiger partial charge >= 0.3 is 0 Å². The summed E-state index contributed by atoms with van der Waals surface area (Å²) in [5, 5.41) is 11.9. The van der Waals surface area contributed by atoms with Crippen molar-refractivity contribution in [3.63, 3.8) is 0 Å². The van der Waals surface area contributed by atoms with Gasteiger partial charge in [0.15, 0.2) is 0 Å². The van der Waals surface area contributed by atoms with E-state index in [1.165, 1.54) is 0 Å². The van der Waals surface area contributed by atoms with E-state index in [0.29, 0.717) is 12.3 Å². The fraction of sp³-hybridized carbons (Fsp3) is 0.333. The molecule has 0 saturated heterocycles. The van der Waals surface area contributed by atoms with Crippen molar-refractivity contribution in [3.05, 3.63) is 47.7 Å². The largest absolute Gasteiger partial charge is 0.508 e. The molecule has 1 aromatic heterocycles. The maximum Gasteiger partial charge on any atom is 0.237 e. The summed E-state index contributed by atoms with van der Waals surface area (Å²) in [6.45, 7) is 2.19. The zero-order valence-electron chi connectivity index (χ0n) is 11.9. The van der Waals surface area contributed by atoms with Gasteiger partial charge in [0.05, 0.1) is 18.8 Å². The van der Waals surface area contributed by atoms with Crippen molar-refractivity contribution in [2.75, 3.05) is 0 Å². The van der Waals surface area contributed by atoms with Crippen molar-refractivity contribution in [1.82, 2.24) is 10.3 Å². The number of nitrogens with one attached hydrogen (secondary N) is 1. The van der Waals surface area contributed by atoms with Crippen molar-refractivity contribution in [2.24, 2.45) is 5.73 Å². The summed E-state index contributed by atoms with van der Waals surface area (Å²) in [7, 11) is 0. The average molecular weight is 289 g/mol. The second-order valence-corrected chi connectivity index (χ2v) is 4.77. The highest BCUT2D eigenvalue weighted by Crippen LogP contribution is 2.11. The third-order valence-corrected chi connectivity index (χ3v) is 3.09. The van der Waals surface area contributed by atoms with Crippen molar-refractivity contribution in [2.45, 2.75) is 32.4 Å². The monoisotopic (exact) mass is 289 g/mol. The molecule has 112 valence electrons. The molecule has 0 aliphatic carbocycles. The van der Waals surface area contributed by atoms with E-state index in [1.807, 2.05) is 6.92 Å². The van der Waals surface area contributed by atoms with E-state index in [4.69, 9.17) is 10.2 Å². The summed E-state index contributed by atoms with van der Waals surface area (Å²) in [5.74, 6) is 1.18. The number of nitrogens with two attached hydrogens (primary N) is 1. The Morgan fingerprint density at radius 2 is 2.14 bits per heavy atom. The molecular formula is C15H19N3O3. The smallest absolute Gasteiger partial charge is 0.237 e. The first kappa shape index (κ1) is 15.1. The standard InChI is InChI=1S/C15H19N3O3/c1-2-12-8-17-14(21-12)9-18-15(20)13(16)7-10-3-5-11(19)6-4-10/h3-6,8,13,19H,2,7,9,16H2,1H3,(H,18,20)/t13-/m1/s1. The number of phenols is 1. The highest BCUT2D eigenvalue weighted by Gasteiger charge is 2.14. The Kier molecular flexibility index (Phi) is 4.94. The van der Waals surface area contributed by atoms with Crippen LogP contribution in [0.25, 0.3) is 0 Å². The van der Waals surface area contributed by atoms with Crippen LogP contribution in [0.1, 0.15) is 24.1 Å². The molecule has 2 rings (SSSR count). The van der Waals surface area contributed by atoms with Crippen molar-refractivity contribution in [1.29, 1.82) is 0 Å². The van der Waals surface area contributed by atoms with Gasteiger partial charge in [-0.25, -0.2) is 4.98 Å². The Morgan fingerprint density at radius 3 is 2.76 bits per heavy atom. The molecule has 2 aromatic rings. The molecule has 0 aliphatic heterocycles. The highest BCUT2D eigenvalue weighted by atomic mass is 16.4. The lowest BCUT2D eigenvalue weighted by Gasteiger charge is -2.11. The van der Waals surface area contributed by atoms with Gasteiger partial charge in [0, 0.05) is 6.42 Å². The molecular weight excluding hydrogens is 270 g/mol. The fourth-order valence-electron chi connectivity index (χ4n) is 1.87. The normalized spacial score (nSPS) is 12.1. The average Bonchev–Trinajstić information content (AvgIpc) is 2.95. The third kappa shape index (κ3) is 4.32. The Labute approximate surface area is 123 Å². The van der Waals surface area contributed by atoms with Gasteiger partial charge in [-0.2, -0.15) is 0 Å². The van der Waals surface area contributed by atoms with Gasteiger partial charge < -0.3 is 20.6 Å². The summed E-state index contributed by atoms with van der Waals surface area (Å²) in [4.78, 5) is 16.0. The molecule has 0 bridgehead atoms. The molecule has 6 nitrogen and oxygen atoms in total. The number of rotatable bonds is 6. The zero-order chi connectivity index (χ0) is 15.2. The van der Waals surface area contributed by atoms with Crippen LogP contribution < -0.4 is 11.1 Å². The molecule has 0 saturated carbocycles. The zero-order valence-corrected chi connectivity index (χ0v) is 11.9. The number of nitrogens with zero attached hydrogens (tertiary/aromatic N) is 1. The molecule has 1 heterocycles. The third-order valence-electron chi connectivity index (χ3n) is 3.09. The van der Waals surface area contributed by atoms with Crippen molar-refractivity contribution >= 4 is 5.91 Å². The molecule has 21 heavy (non-hydrogen) atoms. The summed E-state index contributed by atoms with van der Waals surface area (Å²) < 4.78 is 5.40. The number of carbonyl (C=O) groups is 1. The molecule has 4 N–H and O–H groups in total. The number of aromatic hydroxyl groups is 1. The van der Waals surface area contributed by atoms with Gasteiger partial charge in [-0.15, -0.1) is 0 Å². The summed E-state index contributed by atoms with van der Waals surface area (Å²) in [6, 6.07) is 5.96. The highest BCUT2D eigenvalue weighted by molar-refractivity contribution is 5.81. The van der Waals surface area contributed by atoms with Crippen LogP contribution in [-0.4, -0.2) is 22.0 Å². The number of phenolic OH excluding ortho intramolecular Hbond substituents is 1. The lowest BCUT2D eigenvalue weighted by molar-refractivity contribution is -0.122. The number of hydrogen-bond donors (Lipinski definition) is 3. The molecule has 1 atom stereocenters. The summed E-state index contributed by atoms with van der Waals surface area (Å²) in [6.07, 6.45) is 2.82. The van der Waals surface area contributed by atoms with Gasteiger partial charge in [0.1, 0.15) is 11.5 Å². The predicted molar refractivity (Wildman–Crippen MR) is 77.5 cm³/mol. The van der Waals surface area contributed by atoms with Crippen LogP contribution in [0.2, 0.25) is 0 Å². The Bertz CT molecular complexity index is 592. The van der Waals surface area contributed by atoms with E-state index in [0.717, 1.165) is 17.7 Å². The lowest BCUT2D eigenvalue weighted by Crippen LogP contribution is -2.41. The Hall–Kier alpha value is -2.34.